The summed E-state index contributed by atoms with van der Waals surface area (Å²) >= 11 is 0. The number of hydrogen-bond donors (Lipinski definition) is 1. The number of nitrogens with zero attached hydrogens (tertiary/aromatic N) is 3. The molecule has 1 N–H and O–H groups in total. The van der Waals surface area contributed by atoms with Crippen LogP contribution in [-0.4, -0.2) is 20.4 Å². The Morgan fingerprint density at radius 1 is 1.04 bits per heavy atom. The highest BCUT2D eigenvalue weighted by molar-refractivity contribution is 6.06. The first-order valence-corrected chi connectivity index (χ1v) is 8.00. The largest absolute Gasteiger partial charge is 0.348 e. The Balaban J connectivity index is 1.48. The van der Waals surface area contributed by atoms with Crippen LogP contribution < -0.4 is 5.32 Å². The zero-order valence-electron chi connectivity index (χ0n) is 13.5. The van der Waals surface area contributed by atoms with Gasteiger partial charge in [-0.05, 0) is 28.5 Å². The molecule has 0 saturated carbocycles. The van der Waals surface area contributed by atoms with Gasteiger partial charge in [-0.1, -0.05) is 42.5 Å². The fourth-order valence-electron chi connectivity index (χ4n) is 2.77. The lowest BCUT2D eigenvalue weighted by atomic mass is 10.0. The second kappa shape index (κ2) is 6.57. The van der Waals surface area contributed by atoms with Crippen molar-refractivity contribution in [3.63, 3.8) is 0 Å². The van der Waals surface area contributed by atoms with Gasteiger partial charge in [0.05, 0.1) is 0 Å². The predicted molar refractivity (Wildman–Crippen MR) is 96.5 cm³/mol. The van der Waals surface area contributed by atoms with Crippen LogP contribution in [0.15, 0.2) is 79.5 Å². The van der Waals surface area contributed by atoms with E-state index in [9.17, 15) is 4.79 Å². The number of nitrogens with one attached hydrogen (secondary N) is 1. The quantitative estimate of drug-likeness (QED) is 0.625. The van der Waals surface area contributed by atoms with Crippen molar-refractivity contribution in [3.05, 3.63) is 90.6 Å². The highest BCUT2D eigenvalue weighted by Crippen LogP contribution is 2.18. The third kappa shape index (κ3) is 3.12. The number of carbonyl (C=O) groups excluding carboxylic acids is 1. The van der Waals surface area contributed by atoms with E-state index in [0.717, 1.165) is 22.2 Å². The molecule has 0 aliphatic heterocycles. The summed E-state index contributed by atoms with van der Waals surface area (Å²) in [5.74, 6) is 0.706. The number of pyridine rings is 1. The number of imidazole rings is 1. The van der Waals surface area contributed by atoms with Gasteiger partial charge in [-0.15, -0.1) is 0 Å². The van der Waals surface area contributed by atoms with Crippen LogP contribution in [0.2, 0.25) is 0 Å². The molecule has 0 unspecified atom stereocenters. The Morgan fingerprint density at radius 2 is 1.92 bits per heavy atom. The molecule has 2 aromatic heterocycles. The molecule has 25 heavy (non-hydrogen) atoms. The van der Waals surface area contributed by atoms with Crippen LogP contribution in [-0.2, 0) is 6.54 Å². The summed E-state index contributed by atoms with van der Waals surface area (Å²) in [6, 6.07) is 17.5. The molecule has 0 spiro atoms. The van der Waals surface area contributed by atoms with Crippen LogP contribution in [0.3, 0.4) is 0 Å². The van der Waals surface area contributed by atoms with Crippen LogP contribution in [0.4, 0.5) is 0 Å². The van der Waals surface area contributed by atoms with E-state index in [1.165, 1.54) is 0 Å². The summed E-state index contributed by atoms with van der Waals surface area (Å²) in [5.41, 5.74) is 1.62. The van der Waals surface area contributed by atoms with E-state index >= 15 is 0 Å². The third-order valence-corrected chi connectivity index (χ3v) is 4.07. The van der Waals surface area contributed by atoms with Crippen molar-refractivity contribution in [1.82, 2.24) is 19.9 Å². The van der Waals surface area contributed by atoms with E-state index in [1.807, 2.05) is 65.4 Å². The number of carbonyl (C=O) groups is 1. The van der Waals surface area contributed by atoms with Crippen molar-refractivity contribution in [2.24, 2.45) is 0 Å². The molecule has 1 amide bonds. The molecule has 5 heteroatoms. The Hall–Kier alpha value is -3.47. The van der Waals surface area contributed by atoms with Crippen molar-refractivity contribution >= 4 is 16.7 Å². The zero-order chi connectivity index (χ0) is 17.1. The second-order valence-corrected chi connectivity index (χ2v) is 5.70. The summed E-state index contributed by atoms with van der Waals surface area (Å²) in [7, 11) is 0. The standard InChI is InChI=1S/C20H16N4O/c25-20(18-7-3-5-16-4-1-2-6-17(16)18)23-13-15-8-9-19(22-12-15)24-11-10-21-14-24/h1-12,14H,13H2,(H,23,25). The average Bonchev–Trinajstić information content (AvgIpc) is 3.21. The zero-order valence-corrected chi connectivity index (χ0v) is 13.5. The minimum absolute atomic E-state index is 0.0875. The third-order valence-electron chi connectivity index (χ3n) is 4.07. The predicted octanol–water partition coefficient (Wildman–Crippen LogP) is 3.35. The molecule has 0 aliphatic rings. The summed E-state index contributed by atoms with van der Waals surface area (Å²) in [6.07, 6.45) is 7.01. The fraction of sp³-hybridized carbons (Fsp3) is 0.0500. The molecule has 4 aromatic rings. The van der Waals surface area contributed by atoms with Gasteiger partial charge in [0.25, 0.3) is 5.91 Å². The summed E-state index contributed by atoms with van der Waals surface area (Å²) < 4.78 is 1.83. The van der Waals surface area contributed by atoms with Crippen molar-refractivity contribution in [1.29, 1.82) is 0 Å². The summed E-state index contributed by atoms with van der Waals surface area (Å²) in [4.78, 5) is 20.9. The van der Waals surface area contributed by atoms with Crippen LogP contribution in [0, 0.1) is 0 Å². The van der Waals surface area contributed by atoms with Crippen molar-refractivity contribution in [2.75, 3.05) is 0 Å². The Bertz CT molecular complexity index is 1000. The topological polar surface area (TPSA) is 59.8 Å². The Morgan fingerprint density at radius 3 is 2.72 bits per heavy atom. The minimum atomic E-state index is -0.0875. The van der Waals surface area contributed by atoms with Gasteiger partial charge in [0.1, 0.15) is 12.1 Å². The van der Waals surface area contributed by atoms with E-state index in [1.54, 1.807) is 18.7 Å². The highest BCUT2D eigenvalue weighted by atomic mass is 16.1. The number of amides is 1. The lowest BCUT2D eigenvalue weighted by molar-refractivity contribution is 0.0952. The first-order valence-electron chi connectivity index (χ1n) is 8.00. The lowest BCUT2D eigenvalue weighted by Crippen LogP contribution is -2.23. The lowest BCUT2D eigenvalue weighted by Gasteiger charge is -2.08. The molecule has 0 saturated heterocycles. The van der Waals surface area contributed by atoms with Gasteiger partial charge in [0, 0.05) is 30.7 Å². The van der Waals surface area contributed by atoms with E-state index in [-0.39, 0.29) is 5.91 Å². The first kappa shape index (κ1) is 15.1. The fourth-order valence-corrected chi connectivity index (χ4v) is 2.77. The molecule has 5 nitrogen and oxygen atoms in total. The minimum Gasteiger partial charge on any atom is -0.348 e. The molecule has 4 rings (SSSR count). The number of fused-ring (bicyclic) bond motifs is 1. The van der Waals surface area contributed by atoms with E-state index in [4.69, 9.17) is 0 Å². The maximum absolute atomic E-state index is 12.5. The van der Waals surface area contributed by atoms with Crippen LogP contribution in [0.5, 0.6) is 0 Å². The maximum atomic E-state index is 12.5. The molecule has 0 aliphatic carbocycles. The van der Waals surface area contributed by atoms with E-state index in [2.05, 4.69) is 15.3 Å². The van der Waals surface area contributed by atoms with Crippen molar-refractivity contribution in [3.8, 4) is 5.82 Å². The van der Waals surface area contributed by atoms with Crippen LogP contribution in [0.1, 0.15) is 15.9 Å². The van der Waals surface area contributed by atoms with Crippen LogP contribution >= 0.6 is 0 Å². The normalized spacial score (nSPS) is 10.7. The van der Waals surface area contributed by atoms with Gasteiger partial charge in [-0.2, -0.15) is 0 Å². The van der Waals surface area contributed by atoms with Crippen molar-refractivity contribution < 1.29 is 4.79 Å². The molecule has 0 bridgehead atoms. The average molecular weight is 328 g/mol. The van der Waals surface area contributed by atoms with Gasteiger partial charge in [0.2, 0.25) is 0 Å². The number of benzene rings is 2. The van der Waals surface area contributed by atoms with E-state index < -0.39 is 0 Å². The van der Waals surface area contributed by atoms with Gasteiger partial charge in [-0.25, -0.2) is 9.97 Å². The summed E-state index contributed by atoms with van der Waals surface area (Å²) in [5, 5.41) is 4.98. The van der Waals surface area contributed by atoms with Crippen LogP contribution in [0.25, 0.3) is 16.6 Å². The number of rotatable bonds is 4. The van der Waals surface area contributed by atoms with Gasteiger partial charge >= 0.3 is 0 Å². The number of hydrogen-bond acceptors (Lipinski definition) is 3. The molecule has 2 heterocycles. The van der Waals surface area contributed by atoms with Crippen molar-refractivity contribution in [2.45, 2.75) is 6.54 Å². The Labute approximate surface area is 145 Å². The first-order chi connectivity index (χ1) is 12.3. The highest BCUT2D eigenvalue weighted by Gasteiger charge is 2.09. The molecule has 0 atom stereocenters. The van der Waals surface area contributed by atoms with Gasteiger partial charge < -0.3 is 5.32 Å². The number of aromatic nitrogens is 3. The monoisotopic (exact) mass is 328 g/mol. The summed E-state index contributed by atoms with van der Waals surface area (Å²) in [6.45, 7) is 0.430. The van der Waals surface area contributed by atoms with Gasteiger partial charge in [0.15, 0.2) is 0 Å². The molecule has 2 aromatic carbocycles. The molecule has 122 valence electrons. The Kier molecular flexibility index (Phi) is 3.96. The second-order valence-electron chi connectivity index (χ2n) is 5.70. The molecule has 0 fully saturated rings. The smallest absolute Gasteiger partial charge is 0.252 e. The maximum Gasteiger partial charge on any atom is 0.252 e. The SMILES string of the molecule is O=C(NCc1ccc(-n2ccnc2)nc1)c1cccc2ccccc12. The van der Waals surface area contributed by atoms with Gasteiger partial charge in [-0.3, -0.25) is 9.36 Å². The van der Waals surface area contributed by atoms with E-state index in [0.29, 0.717) is 12.1 Å². The molecular formula is C20H16N4O. The molecular weight excluding hydrogens is 312 g/mol. The molecule has 0 radical (unpaired) electrons.